The highest BCUT2D eigenvalue weighted by Crippen LogP contribution is 2.33. The standard InChI is InChI=1S/C23H19ClFN3O5/c1-12-19(21(28-33-12)20-15(24)6-4-7-16(20)25)23(31)32-11-18(29)27-17-8-3-2-5-14(17)22(30)26-13-9-10-13/h2-8,13H,9-11H2,1H3,(H,26,30)(H,27,29). The summed E-state index contributed by atoms with van der Waals surface area (Å²) in [5.74, 6) is -2.50. The molecule has 170 valence electrons. The van der Waals surface area contributed by atoms with Gasteiger partial charge in [0, 0.05) is 6.04 Å². The summed E-state index contributed by atoms with van der Waals surface area (Å²) in [7, 11) is 0. The Labute approximate surface area is 193 Å². The van der Waals surface area contributed by atoms with E-state index >= 15 is 0 Å². The van der Waals surface area contributed by atoms with E-state index in [1.807, 2.05) is 0 Å². The number of aryl methyl sites for hydroxylation is 1. The normalized spacial score (nSPS) is 12.8. The predicted molar refractivity (Wildman–Crippen MR) is 117 cm³/mol. The summed E-state index contributed by atoms with van der Waals surface area (Å²) in [6.07, 6.45) is 1.86. The number of anilines is 1. The molecule has 1 aromatic heterocycles. The number of amides is 2. The van der Waals surface area contributed by atoms with Gasteiger partial charge in [0.25, 0.3) is 11.8 Å². The Morgan fingerprint density at radius 2 is 1.94 bits per heavy atom. The molecule has 4 rings (SSSR count). The van der Waals surface area contributed by atoms with E-state index in [0.29, 0.717) is 5.56 Å². The van der Waals surface area contributed by atoms with Crippen molar-refractivity contribution in [1.82, 2.24) is 10.5 Å². The minimum absolute atomic E-state index is 0.0381. The van der Waals surface area contributed by atoms with Crippen LogP contribution in [0.15, 0.2) is 47.0 Å². The van der Waals surface area contributed by atoms with Crippen molar-refractivity contribution in [2.45, 2.75) is 25.8 Å². The van der Waals surface area contributed by atoms with Crippen molar-refractivity contribution in [3.63, 3.8) is 0 Å². The van der Waals surface area contributed by atoms with E-state index in [1.165, 1.54) is 25.1 Å². The number of ether oxygens (including phenoxy) is 1. The number of rotatable bonds is 7. The van der Waals surface area contributed by atoms with Crippen LogP contribution in [0, 0.1) is 12.7 Å². The first-order chi connectivity index (χ1) is 15.8. The van der Waals surface area contributed by atoms with Crippen molar-refractivity contribution in [2.75, 3.05) is 11.9 Å². The molecular weight excluding hydrogens is 453 g/mol. The zero-order valence-electron chi connectivity index (χ0n) is 17.5. The van der Waals surface area contributed by atoms with Gasteiger partial charge in [-0.15, -0.1) is 0 Å². The lowest BCUT2D eigenvalue weighted by molar-refractivity contribution is -0.119. The molecule has 33 heavy (non-hydrogen) atoms. The Morgan fingerprint density at radius 1 is 1.18 bits per heavy atom. The summed E-state index contributed by atoms with van der Waals surface area (Å²) >= 11 is 6.07. The van der Waals surface area contributed by atoms with E-state index in [0.717, 1.165) is 12.8 Å². The fourth-order valence-corrected chi connectivity index (χ4v) is 3.43. The molecule has 0 unspecified atom stereocenters. The number of nitrogens with one attached hydrogen (secondary N) is 2. The van der Waals surface area contributed by atoms with Crippen LogP contribution < -0.4 is 10.6 Å². The number of para-hydroxylation sites is 1. The molecule has 1 heterocycles. The highest BCUT2D eigenvalue weighted by molar-refractivity contribution is 6.33. The van der Waals surface area contributed by atoms with Crippen LogP contribution in [0.3, 0.4) is 0 Å². The molecule has 1 aliphatic carbocycles. The largest absolute Gasteiger partial charge is 0.452 e. The number of hydrogen-bond acceptors (Lipinski definition) is 6. The molecule has 2 aromatic carbocycles. The van der Waals surface area contributed by atoms with E-state index in [2.05, 4.69) is 15.8 Å². The number of hydrogen-bond donors (Lipinski definition) is 2. The molecule has 0 aliphatic heterocycles. The Hall–Kier alpha value is -3.72. The maximum Gasteiger partial charge on any atom is 0.344 e. The van der Waals surface area contributed by atoms with E-state index in [-0.39, 0.29) is 45.2 Å². The summed E-state index contributed by atoms with van der Waals surface area (Å²) in [4.78, 5) is 37.5. The molecule has 0 radical (unpaired) electrons. The number of nitrogens with zero attached hydrogens (tertiary/aromatic N) is 1. The van der Waals surface area contributed by atoms with Crippen LogP contribution in [0.5, 0.6) is 0 Å². The minimum atomic E-state index is -0.932. The van der Waals surface area contributed by atoms with Crippen molar-refractivity contribution in [1.29, 1.82) is 0 Å². The van der Waals surface area contributed by atoms with E-state index in [9.17, 15) is 18.8 Å². The average Bonchev–Trinajstić information content (AvgIpc) is 3.52. The Balaban J connectivity index is 1.45. The zero-order chi connectivity index (χ0) is 23.5. The summed E-state index contributed by atoms with van der Waals surface area (Å²) in [5.41, 5.74) is 0.220. The van der Waals surface area contributed by atoms with Gasteiger partial charge in [-0.2, -0.15) is 0 Å². The van der Waals surface area contributed by atoms with Crippen molar-refractivity contribution in [2.24, 2.45) is 0 Å². The molecule has 2 N–H and O–H groups in total. The van der Waals surface area contributed by atoms with Gasteiger partial charge < -0.3 is 19.9 Å². The summed E-state index contributed by atoms with van der Waals surface area (Å²) < 4.78 is 24.5. The molecule has 1 saturated carbocycles. The van der Waals surface area contributed by atoms with Crippen LogP contribution in [0.2, 0.25) is 5.02 Å². The maximum absolute atomic E-state index is 14.3. The zero-order valence-corrected chi connectivity index (χ0v) is 18.2. The van der Waals surface area contributed by atoms with Crippen molar-refractivity contribution in [3.05, 3.63) is 70.2 Å². The highest BCUT2D eigenvalue weighted by atomic mass is 35.5. The molecule has 2 amide bonds. The van der Waals surface area contributed by atoms with Crippen molar-refractivity contribution >= 4 is 35.1 Å². The summed E-state index contributed by atoms with van der Waals surface area (Å²) in [5, 5.41) is 9.20. The van der Waals surface area contributed by atoms with Crippen LogP contribution >= 0.6 is 11.6 Å². The minimum Gasteiger partial charge on any atom is -0.452 e. The number of carbonyl (C=O) groups excluding carboxylic acids is 3. The van der Waals surface area contributed by atoms with Gasteiger partial charge in [-0.25, -0.2) is 9.18 Å². The molecule has 3 aromatic rings. The second-order valence-corrected chi connectivity index (χ2v) is 7.88. The monoisotopic (exact) mass is 471 g/mol. The fourth-order valence-electron chi connectivity index (χ4n) is 3.18. The number of esters is 1. The first-order valence-corrected chi connectivity index (χ1v) is 10.5. The van der Waals surface area contributed by atoms with Crippen LogP contribution in [0.25, 0.3) is 11.3 Å². The first kappa shape index (κ1) is 22.5. The van der Waals surface area contributed by atoms with Crippen LogP contribution in [-0.2, 0) is 9.53 Å². The average molecular weight is 472 g/mol. The second-order valence-electron chi connectivity index (χ2n) is 7.48. The van der Waals surface area contributed by atoms with Gasteiger partial charge in [0.1, 0.15) is 22.8 Å². The molecule has 1 fully saturated rings. The van der Waals surface area contributed by atoms with E-state index in [4.69, 9.17) is 20.9 Å². The Morgan fingerprint density at radius 3 is 2.67 bits per heavy atom. The number of aromatic nitrogens is 1. The summed E-state index contributed by atoms with van der Waals surface area (Å²) in [6.45, 7) is 0.809. The molecule has 0 atom stereocenters. The summed E-state index contributed by atoms with van der Waals surface area (Å²) in [6, 6.07) is 10.7. The molecule has 8 nitrogen and oxygen atoms in total. The third kappa shape index (κ3) is 5.04. The van der Waals surface area contributed by atoms with Gasteiger partial charge in [0.05, 0.1) is 21.8 Å². The van der Waals surface area contributed by atoms with Crippen molar-refractivity contribution < 1.29 is 28.0 Å². The first-order valence-electron chi connectivity index (χ1n) is 10.1. The van der Waals surface area contributed by atoms with Crippen LogP contribution in [0.1, 0.15) is 39.3 Å². The number of benzene rings is 2. The lowest BCUT2D eigenvalue weighted by Gasteiger charge is -2.11. The lowest BCUT2D eigenvalue weighted by Crippen LogP contribution is -2.28. The van der Waals surface area contributed by atoms with Gasteiger partial charge in [-0.3, -0.25) is 9.59 Å². The van der Waals surface area contributed by atoms with Gasteiger partial charge in [0.15, 0.2) is 6.61 Å². The lowest BCUT2D eigenvalue weighted by atomic mass is 10.1. The molecule has 0 spiro atoms. The highest BCUT2D eigenvalue weighted by Gasteiger charge is 2.28. The quantitative estimate of drug-likeness (QED) is 0.501. The van der Waals surface area contributed by atoms with E-state index < -0.39 is 24.3 Å². The van der Waals surface area contributed by atoms with Gasteiger partial charge in [-0.05, 0) is 44.0 Å². The smallest absolute Gasteiger partial charge is 0.344 e. The van der Waals surface area contributed by atoms with E-state index in [1.54, 1.807) is 24.3 Å². The SMILES string of the molecule is Cc1onc(-c2c(F)cccc2Cl)c1C(=O)OCC(=O)Nc1ccccc1C(=O)NC1CC1. The third-order valence-corrected chi connectivity index (χ3v) is 5.27. The molecular formula is C23H19ClFN3O5. The molecule has 0 bridgehead atoms. The molecule has 1 aliphatic rings. The van der Waals surface area contributed by atoms with Crippen LogP contribution in [-0.4, -0.2) is 35.6 Å². The van der Waals surface area contributed by atoms with Gasteiger partial charge in [-0.1, -0.05) is 35.0 Å². The number of carbonyl (C=O) groups is 3. The predicted octanol–water partition coefficient (Wildman–Crippen LogP) is 4.13. The number of halogens is 2. The van der Waals surface area contributed by atoms with Gasteiger partial charge in [0.2, 0.25) is 0 Å². The molecule has 0 saturated heterocycles. The molecule has 10 heteroatoms. The Bertz CT molecular complexity index is 1220. The third-order valence-electron chi connectivity index (χ3n) is 4.96. The topological polar surface area (TPSA) is 111 Å². The maximum atomic E-state index is 14.3. The van der Waals surface area contributed by atoms with Crippen LogP contribution in [0.4, 0.5) is 10.1 Å². The van der Waals surface area contributed by atoms with Gasteiger partial charge >= 0.3 is 5.97 Å². The second kappa shape index (κ2) is 9.41. The Kier molecular flexibility index (Phi) is 6.41. The van der Waals surface area contributed by atoms with Crippen molar-refractivity contribution in [3.8, 4) is 11.3 Å². The fraction of sp³-hybridized carbons (Fsp3) is 0.217.